The van der Waals surface area contributed by atoms with Gasteiger partial charge in [-0.05, 0) is 19.9 Å². The van der Waals surface area contributed by atoms with Gasteiger partial charge < -0.3 is 10.6 Å². The minimum atomic E-state index is 0.0822. The van der Waals surface area contributed by atoms with E-state index in [1.54, 1.807) is 11.9 Å². The summed E-state index contributed by atoms with van der Waals surface area (Å²) in [6.45, 7) is 5.11. The van der Waals surface area contributed by atoms with Gasteiger partial charge in [0.05, 0.1) is 10.7 Å². The van der Waals surface area contributed by atoms with Crippen LogP contribution in [0.15, 0.2) is 6.07 Å². The SMILES string of the molecule is Cc1cc(C)n(CCC(=O)N(C)CCC(N)=S)n1. The van der Waals surface area contributed by atoms with Crippen LogP contribution < -0.4 is 5.73 Å². The van der Waals surface area contributed by atoms with E-state index in [1.807, 2.05) is 24.6 Å². The summed E-state index contributed by atoms with van der Waals surface area (Å²) in [5.41, 5.74) is 7.46. The molecule has 0 unspecified atom stereocenters. The summed E-state index contributed by atoms with van der Waals surface area (Å²) in [5.74, 6) is 0.0822. The first kappa shape index (κ1) is 14.6. The van der Waals surface area contributed by atoms with Crippen LogP contribution in [-0.2, 0) is 11.3 Å². The van der Waals surface area contributed by atoms with Gasteiger partial charge in [-0.15, -0.1) is 0 Å². The van der Waals surface area contributed by atoms with Crippen molar-refractivity contribution in [3.63, 3.8) is 0 Å². The van der Waals surface area contributed by atoms with Crippen LogP contribution >= 0.6 is 12.2 Å². The number of thiocarbonyl (C=S) groups is 1. The molecular weight excluding hydrogens is 248 g/mol. The molecule has 100 valence electrons. The summed E-state index contributed by atoms with van der Waals surface area (Å²) in [5, 5.41) is 4.32. The highest BCUT2D eigenvalue weighted by Gasteiger charge is 2.10. The molecule has 0 fully saturated rings. The van der Waals surface area contributed by atoms with Crippen molar-refractivity contribution in [1.82, 2.24) is 14.7 Å². The van der Waals surface area contributed by atoms with Gasteiger partial charge in [0.1, 0.15) is 0 Å². The lowest BCUT2D eigenvalue weighted by atomic mass is 10.3. The predicted molar refractivity (Wildman–Crippen MR) is 75.4 cm³/mol. The Morgan fingerprint density at radius 2 is 2.17 bits per heavy atom. The Labute approximate surface area is 113 Å². The van der Waals surface area contributed by atoms with E-state index < -0.39 is 0 Å². The number of nitrogens with zero attached hydrogens (tertiary/aromatic N) is 3. The van der Waals surface area contributed by atoms with E-state index >= 15 is 0 Å². The molecule has 1 heterocycles. The van der Waals surface area contributed by atoms with Crippen LogP contribution in [-0.4, -0.2) is 39.2 Å². The van der Waals surface area contributed by atoms with Crippen molar-refractivity contribution in [3.05, 3.63) is 17.5 Å². The molecule has 0 aliphatic heterocycles. The van der Waals surface area contributed by atoms with Gasteiger partial charge in [0.2, 0.25) is 5.91 Å². The molecule has 1 aromatic rings. The fourth-order valence-corrected chi connectivity index (χ4v) is 1.79. The Hall–Kier alpha value is -1.43. The number of nitrogens with two attached hydrogens (primary N) is 1. The molecule has 0 spiro atoms. The second kappa shape index (κ2) is 6.49. The summed E-state index contributed by atoms with van der Waals surface area (Å²) in [7, 11) is 1.77. The van der Waals surface area contributed by atoms with Crippen LogP contribution in [0.3, 0.4) is 0 Å². The van der Waals surface area contributed by atoms with Gasteiger partial charge in [-0.25, -0.2) is 0 Å². The monoisotopic (exact) mass is 268 g/mol. The Balaban J connectivity index is 2.41. The van der Waals surface area contributed by atoms with Gasteiger partial charge >= 0.3 is 0 Å². The Bertz CT molecular complexity index is 441. The van der Waals surface area contributed by atoms with Crippen LogP contribution in [0.5, 0.6) is 0 Å². The van der Waals surface area contributed by atoms with E-state index in [2.05, 4.69) is 5.10 Å². The molecule has 0 bridgehead atoms. The molecule has 1 amide bonds. The quantitative estimate of drug-likeness (QED) is 0.783. The molecule has 2 N–H and O–H groups in total. The van der Waals surface area contributed by atoms with E-state index in [0.29, 0.717) is 30.9 Å². The minimum absolute atomic E-state index is 0.0822. The van der Waals surface area contributed by atoms with Crippen molar-refractivity contribution >= 4 is 23.1 Å². The molecule has 5 nitrogen and oxygen atoms in total. The number of hydrogen-bond donors (Lipinski definition) is 1. The Kier molecular flexibility index (Phi) is 5.27. The molecule has 0 aliphatic carbocycles. The summed E-state index contributed by atoms with van der Waals surface area (Å²) >= 11 is 4.79. The number of carbonyl (C=O) groups is 1. The average Bonchev–Trinajstić information content (AvgIpc) is 2.61. The number of hydrogen-bond acceptors (Lipinski definition) is 3. The maximum atomic E-state index is 11.8. The Morgan fingerprint density at radius 1 is 1.50 bits per heavy atom. The zero-order valence-corrected chi connectivity index (χ0v) is 12.0. The van der Waals surface area contributed by atoms with Crippen molar-refractivity contribution in [3.8, 4) is 0 Å². The number of aromatic nitrogens is 2. The summed E-state index contributed by atoms with van der Waals surface area (Å²) in [6.07, 6.45) is 1.01. The second-order valence-corrected chi connectivity index (χ2v) is 4.96. The molecule has 0 atom stereocenters. The molecule has 1 rings (SSSR count). The minimum Gasteiger partial charge on any atom is -0.393 e. The molecule has 6 heteroatoms. The number of amides is 1. The van der Waals surface area contributed by atoms with E-state index in [1.165, 1.54) is 0 Å². The number of aryl methyl sites for hydroxylation is 3. The molecule has 18 heavy (non-hydrogen) atoms. The van der Waals surface area contributed by atoms with E-state index in [9.17, 15) is 4.79 Å². The third-order valence-electron chi connectivity index (χ3n) is 2.76. The first-order valence-corrected chi connectivity index (χ1v) is 6.34. The molecule has 0 aliphatic rings. The average molecular weight is 268 g/mol. The maximum Gasteiger partial charge on any atom is 0.224 e. The summed E-state index contributed by atoms with van der Waals surface area (Å²) in [6, 6.07) is 2.00. The van der Waals surface area contributed by atoms with Crippen molar-refractivity contribution in [1.29, 1.82) is 0 Å². The Morgan fingerprint density at radius 3 is 2.67 bits per heavy atom. The smallest absolute Gasteiger partial charge is 0.224 e. The van der Waals surface area contributed by atoms with Crippen molar-refractivity contribution in [2.24, 2.45) is 5.73 Å². The topological polar surface area (TPSA) is 64.2 Å². The maximum absolute atomic E-state index is 11.8. The molecule has 0 aromatic carbocycles. The lowest BCUT2D eigenvalue weighted by Crippen LogP contribution is -2.30. The number of carbonyl (C=O) groups excluding carboxylic acids is 1. The van der Waals surface area contributed by atoms with Crippen LogP contribution in [0.4, 0.5) is 0 Å². The zero-order valence-electron chi connectivity index (χ0n) is 11.1. The summed E-state index contributed by atoms with van der Waals surface area (Å²) in [4.78, 5) is 13.9. The predicted octanol–water partition coefficient (Wildman–Crippen LogP) is 1.02. The van der Waals surface area contributed by atoms with Crippen LogP contribution in [0, 0.1) is 13.8 Å². The summed E-state index contributed by atoms with van der Waals surface area (Å²) < 4.78 is 1.86. The molecule has 1 aromatic heterocycles. The number of rotatable bonds is 6. The standard InChI is InChI=1S/C12H20N4OS/c1-9-8-10(2)16(14-9)7-5-12(17)15(3)6-4-11(13)18/h8H,4-7H2,1-3H3,(H2,13,18). The highest BCUT2D eigenvalue weighted by molar-refractivity contribution is 7.80. The second-order valence-electron chi connectivity index (χ2n) is 4.43. The van der Waals surface area contributed by atoms with Gasteiger partial charge in [-0.2, -0.15) is 5.10 Å². The van der Waals surface area contributed by atoms with Crippen LogP contribution in [0.1, 0.15) is 24.2 Å². The van der Waals surface area contributed by atoms with Gasteiger partial charge in [0.25, 0.3) is 0 Å². The van der Waals surface area contributed by atoms with E-state index in [4.69, 9.17) is 18.0 Å². The first-order chi connectivity index (χ1) is 8.40. The van der Waals surface area contributed by atoms with Gasteiger partial charge in [0.15, 0.2) is 0 Å². The highest BCUT2D eigenvalue weighted by atomic mass is 32.1. The third-order valence-corrected chi connectivity index (χ3v) is 2.96. The normalized spacial score (nSPS) is 10.4. The lowest BCUT2D eigenvalue weighted by molar-refractivity contribution is -0.130. The lowest BCUT2D eigenvalue weighted by Gasteiger charge is -2.16. The zero-order chi connectivity index (χ0) is 13.7. The van der Waals surface area contributed by atoms with E-state index in [0.717, 1.165) is 11.4 Å². The highest BCUT2D eigenvalue weighted by Crippen LogP contribution is 2.04. The van der Waals surface area contributed by atoms with Crippen LogP contribution in [0.25, 0.3) is 0 Å². The fraction of sp³-hybridized carbons (Fsp3) is 0.583. The van der Waals surface area contributed by atoms with Gasteiger partial charge in [-0.1, -0.05) is 12.2 Å². The van der Waals surface area contributed by atoms with E-state index in [-0.39, 0.29) is 5.91 Å². The fourth-order valence-electron chi connectivity index (χ4n) is 1.70. The van der Waals surface area contributed by atoms with Gasteiger partial charge in [0, 0.05) is 38.7 Å². The van der Waals surface area contributed by atoms with Crippen molar-refractivity contribution < 1.29 is 4.79 Å². The molecule has 0 radical (unpaired) electrons. The molecule has 0 saturated heterocycles. The first-order valence-electron chi connectivity index (χ1n) is 5.93. The van der Waals surface area contributed by atoms with Crippen molar-refractivity contribution in [2.45, 2.75) is 33.2 Å². The largest absolute Gasteiger partial charge is 0.393 e. The van der Waals surface area contributed by atoms with Gasteiger partial charge in [-0.3, -0.25) is 9.48 Å². The molecule has 0 saturated carbocycles. The molecular formula is C12H20N4OS. The van der Waals surface area contributed by atoms with Crippen molar-refractivity contribution in [2.75, 3.05) is 13.6 Å². The third kappa shape index (κ3) is 4.44. The van der Waals surface area contributed by atoms with Crippen LogP contribution in [0.2, 0.25) is 0 Å².